The zero-order valence-corrected chi connectivity index (χ0v) is 9.31. The van der Waals surface area contributed by atoms with Crippen LogP contribution in [-0.2, 0) is 0 Å². The van der Waals surface area contributed by atoms with E-state index in [1.54, 1.807) is 0 Å². The van der Waals surface area contributed by atoms with Crippen LogP contribution in [0.25, 0.3) is 0 Å². The van der Waals surface area contributed by atoms with Crippen LogP contribution in [0.3, 0.4) is 0 Å². The van der Waals surface area contributed by atoms with Crippen molar-refractivity contribution in [3.63, 3.8) is 0 Å². The number of hydrogen-bond donors (Lipinski definition) is 0. The lowest BCUT2D eigenvalue weighted by molar-refractivity contribution is -0.897. The van der Waals surface area contributed by atoms with Crippen LogP contribution in [0.1, 0.15) is 44.9 Å². The van der Waals surface area contributed by atoms with E-state index in [1.807, 2.05) is 0 Å². The lowest BCUT2D eigenvalue weighted by atomic mass is 9.68. The molecular weight excluding hydrogens is 158 g/mol. The normalized spacial score (nSPS) is 31.8. The third-order valence-corrected chi connectivity index (χ3v) is 4.41. The molecule has 0 aromatic carbocycles. The summed E-state index contributed by atoms with van der Waals surface area (Å²) < 4.78 is 1.27. The van der Waals surface area contributed by atoms with Gasteiger partial charge < -0.3 is 4.48 Å². The molecule has 1 heterocycles. The van der Waals surface area contributed by atoms with Crippen molar-refractivity contribution in [1.82, 2.24) is 0 Å². The molecule has 0 N–H and O–H groups in total. The van der Waals surface area contributed by atoms with Gasteiger partial charge in [-0.3, -0.25) is 0 Å². The minimum atomic E-state index is 0.798. The molecule has 1 saturated carbocycles. The minimum Gasteiger partial charge on any atom is -0.328 e. The largest absolute Gasteiger partial charge is 0.328 e. The SMILES string of the molecule is C[N+]1(C)CCC2(CCCCC2)CC1. The fourth-order valence-corrected chi connectivity index (χ4v) is 3.12. The highest BCUT2D eigenvalue weighted by Gasteiger charge is 2.39. The molecule has 13 heavy (non-hydrogen) atoms. The Balaban J connectivity index is 1.95. The predicted molar refractivity (Wildman–Crippen MR) is 56.6 cm³/mol. The van der Waals surface area contributed by atoms with Crippen molar-refractivity contribution in [2.24, 2.45) is 5.41 Å². The van der Waals surface area contributed by atoms with Crippen LogP contribution in [0.4, 0.5) is 0 Å². The van der Waals surface area contributed by atoms with Crippen LogP contribution < -0.4 is 0 Å². The summed E-state index contributed by atoms with van der Waals surface area (Å²) in [6.07, 6.45) is 10.6. The molecule has 1 saturated heterocycles. The Morgan fingerprint density at radius 3 is 1.85 bits per heavy atom. The van der Waals surface area contributed by atoms with Crippen LogP contribution >= 0.6 is 0 Å². The van der Waals surface area contributed by atoms with Crippen LogP contribution in [-0.4, -0.2) is 31.7 Å². The minimum absolute atomic E-state index is 0.798. The number of likely N-dealkylation sites (tertiary alicyclic amines) is 1. The van der Waals surface area contributed by atoms with E-state index < -0.39 is 0 Å². The summed E-state index contributed by atoms with van der Waals surface area (Å²) >= 11 is 0. The third kappa shape index (κ3) is 2.07. The highest BCUT2D eigenvalue weighted by atomic mass is 15.3. The van der Waals surface area contributed by atoms with Crippen molar-refractivity contribution in [2.45, 2.75) is 44.9 Å². The van der Waals surface area contributed by atoms with Gasteiger partial charge in [-0.2, -0.15) is 0 Å². The number of quaternary nitrogens is 1. The Morgan fingerprint density at radius 1 is 0.769 bits per heavy atom. The number of rotatable bonds is 0. The molecule has 2 fully saturated rings. The van der Waals surface area contributed by atoms with Gasteiger partial charge in [-0.1, -0.05) is 19.3 Å². The second-order valence-corrected chi connectivity index (χ2v) is 5.94. The molecule has 1 aliphatic heterocycles. The van der Waals surface area contributed by atoms with Gasteiger partial charge in [-0.25, -0.2) is 0 Å². The van der Waals surface area contributed by atoms with Gasteiger partial charge in [0.25, 0.3) is 0 Å². The van der Waals surface area contributed by atoms with Gasteiger partial charge in [0.15, 0.2) is 0 Å². The topological polar surface area (TPSA) is 0 Å². The summed E-state index contributed by atoms with van der Waals surface area (Å²) in [5.41, 5.74) is 0.798. The fraction of sp³-hybridized carbons (Fsp3) is 1.00. The third-order valence-electron chi connectivity index (χ3n) is 4.41. The lowest BCUT2D eigenvalue weighted by Gasteiger charge is -2.46. The molecule has 1 heteroatoms. The summed E-state index contributed by atoms with van der Waals surface area (Å²) in [6, 6.07) is 0. The highest BCUT2D eigenvalue weighted by Crippen LogP contribution is 2.45. The number of hydrogen-bond acceptors (Lipinski definition) is 0. The summed E-state index contributed by atoms with van der Waals surface area (Å²) in [5.74, 6) is 0. The average Bonchev–Trinajstić information content (AvgIpc) is 2.13. The summed E-state index contributed by atoms with van der Waals surface area (Å²) in [7, 11) is 4.77. The molecular formula is C12H24N+. The van der Waals surface area contributed by atoms with Crippen LogP contribution in [0.15, 0.2) is 0 Å². The first-order chi connectivity index (χ1) is 6.12. The number of nitrogens with zero attached hydrogens (tertiary/aromatic N) is 1. The molecule has 0 amide bonds. The van der Waals surface area contributed by atoms with E-state index in [1.165, 1.54) is 62.5 Å². The first-order valence-electron chi connectivity index (χ1n) is 5.94. The molecule has 0 aromatic heterocycles. The van der Waals surface area contributed by atoms with E-state index in [0.29, 0.717) is 0 Å². The molecule has 0 atom stereocenters. The second kappa shape index (κ2) is 3.27. The van der Waals surface area contributed by atoms with Crippen LogP contribution in [0.2, 0.25) is 0 Å². The van der Waals surface area contributed by atoms with Crippen molar-refractivity contribution >= 4 is 0 Å². The molecule has 0 radical (unpaired) electrons. The van der Waals surface area contributed by atoms with E-state index in [4.69, 9.17) is 0 Å². The van der Waals surface area contributed by atoms with E-state index in [2.05, 4.69) is 14.1 Å². The quantitative estimate of drug-likeness (QED) is 0.505. The van der Waals surface area contributed by atoms with Crippen LogP contribution in [0.5, 0.6) is 0 Å². The Morgan fingerprint density at radius 2 is 1.31 bits per heavy atom. The monoisotopic (exact) mass is 182 g/mol. The molecule has 2 aliphatic rings. The van der Waals surface area contributed by atoms with Crippen molar-refractivity contribution < 1.29 is 4.48 Å². The zero-order valence-electron chi connectivity index (χ0n) is 9.31. The maximum atomic E-state index is 2.38. The molecule has 2 rings (SSSR count). The lowest BCUT2D eigenvalue weighted by Crippen LogP contribution is -2.50. The highest BCUT2D eigenvalue weighted by molar-refractivity contribution is 4.84. The molecule has 0 bridgehead atoms. The Kier molecular flexibility index (Phi) is 2.39. The molecule has 76 valence electrons. The van der Waals surface area contributed by atoms with Crippen molar-refractivity contribution in [1.29, 1.82) is 0 Å². The van der Waals surface area contributed by atoms with Gasteiger partial charge in [0.2, 0.25) is 0 Å². The fourth-order valence-electron chi connectivity index (χ4n) is 3.12. The van der Waals surface area contributed by atoms with Crippen molar-refractivity contribution in [3.8, 4) is 0 Å². The Labute approximate surface area is 82.7 Å². The van der Waals surface area contributed by atoms with Gasteiger partial charge in [0, 0.05) is 12.8 Å². The summed E-state index contributed by atoms with van der Waals surface area (Å²) in [5, 5.41) is 0. The van der Waals surface area contributed by atoms with Crippen LogP contribution in [0, 0.1) is 5.41 Å². The van der Waals surface area contributed by atoms with E-state index in [0.717, 1.165) is 5.41 Å². The van der Waals surface area contributed by atoms with E-state index in [9.17, 15) is 0 Å². The standard InChI is InChI=1S/C12H24N/c1-13(2)10-8-12(9-11-13)6-4-3-5-7-12/h3-11H2,1-2H3/q+1. The first kappa shape index (κ1) is 9.51. The smallest absolute Gasteiger partial charge is 0.0787 e. The molecule has 1 spiro atoms. The Hall–Kier alpha value is -0.0400. The first-order valence-corrected chi connectivity index (χ1v) is 5.94. The van der Waals surface area contributed by atoms with Gasteiger partial charge in [0.1, 0.15) is 0 Å². The van der Waals surface area contributed by atoms with Crippen molar-refractivity contribution in [2.75, 3.05) is 27.2 Å². The van der Waals surface area contributed by atoms with Crippen molar-refractivity contribution in [3.05, 3.63) is 0 Å². The van der Waals surface area contributed by atoms with Gasteiger partial charge in [0.05, 0.1) is 27.2 Å². The van der Waals surface area contributed by atoms with Gasteiger partial charge >= 0.3 is 0 Å². The number of piperidine rings is 1. The zero-order chi connectivity index (χ0) is 9.36. The molecule has 0 unspecified atom stereocenters. The Bertz CT molecular complexity index is 166. The van der Waals surface area contributed by atoms with Gasteiger partial charge in [-0.05, 0) is 18.3 Å². The maximum absolute atomic E-state index is 2.38. The maximum Gasteiger partial charge on any atom is 0.0787 e. The second-order valence-electron chi connectivity index (χ2n) is 5.94. The molecule has 0 aromatic rings. The average molecular weight is 182 g/mol. The van der Waals surface area contributed by atoms with E-state index >= 15 is 0 Å². The van der Waals surface area contributed by atoms with E-state index in [-0.39, 0.29) is 0 Å². The van der Waals surface area contributed by atoms with Gasteiger partial charge in [-0.15, -0.1) is 0 Å². The summed E-state index contributed by atoms with van der Waals surface area (Å²) in [6.45, 7) is 2.83. The summed E-state index contributed by atoms with van der Waals surface area (Å²) in [4.78, 5) is 0. The molecule has 1 aliphatic carbocycles. The predicted octanol–water partition coefficient (Wildman–Crippen LogP) is 2.81. The molecule has 1 nitrogen and oxygen atoms in total.